The highest BCUT2D eigenvalue weighted by atomic mass is 31.2. The van der Waals surface area contributed by atoms with Crippen LogP contribution < -0.4 is 5.73 Å². The second-order valence-corrected chi connectivity index (χ2v) is 7.93. The number of aliphatic hydroxyl groups is 1. The zero-order valence-corrected chi connectivity index (χ0v) is 16.6. The summed E-state index contributed by atoms with van der Waals surface area (Å²) >= 11 is 0. The maximum Gasteiger partial charge on any atom is 0.469 e. The number of aliphatic imine (C=N–C) groups is 1. The fourth-order valence-electron chi connectivity index (χ4n) is 3.06. The van der Waals surface area contributed by atoms with Crippen LogP contribution in [0.3, 0.4) is 0 Å². The van der Waals surface area contributed by atoms with Crippen molar-refractivity contribution >= 4 is 31.0 Å². The highest BCUT2D eigenvalue weighted by molar-refractivity contribution is 7.46. The number of rotatable bonds is 10. The van der Waals surface area contributed by atoms with Crippen molar-refractivity contribution in [3.63, 3.8) is 0 Å². The molecule has 1 fully saturated rings. The zero-order valence-electron chi connectivity index (χ0n) is 15.7. The first-order valence-corrected chi connectivity index (χ1v) is 10.9. The van der Waals surface area contributed by atoms with Crippen molar-refractivity contribution in [2.24, 2.45) is 10.7 Å². The molecule has 0 aliphatic carbocycles. The van der Waals surface area contributed by atoms with Gasteiger partial charge in [0.2, 0.25) is 0 Å². The van der Waals surface area contributed by atoms with E-state index in [1.807, 2.05) is 0 Å². The van der Waals surface area contributed by atoms with E-state index in [2.05, 4.69) is 24.5 Å². The molecule has 0 radical (unpaired) electrons. The van der Waals surface area contributed by atoms with Crippen LogP contribution in [-0.2, 0) is 13.8 Å². The van der Waals surface area contributed by atoms with E-state index >= 15 is 0 Å². The van der Waals surface area contributed by atoms with Crippen molar-refractivity contribution in [3.05, 3.63) is 12.7 Å². The molecule has 3 unspecified atom stereocenters. The number of nitrogens with two attached hydrogens (primary N) is 1. The number of hydrogen-bond acceptors (Lipinski definition) is 9. The molecule has 29 heavy (non-hydrogen) atoms. The molecule has 0 saturated carbocycles. The molecule has 12 nitrogen and oxygen atoms in total. The Morgan fingerprint density at radius 3 is 2.93 bits per heavy atom. The minimum Gasteiger partial charge on any atom is -0.390 e. The van der Waals surface area contributed by atoms with Crippen molar-refractivity contribution < 1.29 is 28.7 Å². The molecule has 5 N–H and O–H groups in total. The maximum atomic E-state index is 10.9. The normalized spacial score (nSPS) is 22.8. The molecule has 3 rings (SSSR count). The van der Waals surface area contributed by atoms with Crippen molar-refractivity contribution in [1.82, 2.24) is 19.5 Å². The number of imidazole rings is 1. The molecule has 1 aliphatic rings. The van der Waals surface area contributed by atoms with E-state index in [9.17, 15) is 9.67 Å². The number of phosphoric acid groups is 1. The van der Waals surface area contributed by atoms with Gasteiger partial charge in [-0.3, -0.25) is 9.09 Å². The van der Waals surface area contributed by atoms with Gasteiger partial charge in [0.05, 0.1) is 19.0 Å². The van der Waals surface area contributed by atoms with E-state index in [0.717, 1.165) is 25.7 Å². The summed E-state index contributed by atoms with van der Waals surface area (Å²) in [7, 11) is -4.64. The number of phosphoric ester groups is 1. The SMILES string of the molecule is NCCCCCC=Nc1ncnc2c1ncn2C1CC(O)C(COP(=O)(O)O)O1. The summed E-state index contributed by atoms with van der Waals surface area (Å²) in [4.78, 5) is 34.7. The largest absolute Gasteiger partial charge is 0.469 e. The molecule has 0 aromatic carbocycles. The van der Waals surface area contributed by atoms with Gasteiger partial charge in [0, 0.05) is 12.6 Å². The molecule has 13 heteroatoms. The molecular weight excluding hydrogens is 403 g/mol. The first-order valence-electron chi connectivity index (χ1n) is 9.33. The Labute approximate surface area is 167 Å². The van der Waals surface area contributed by atoms with Crippen LogP contribution in [0, 0.1) is 0 Å². The van der Waals surface area contributed by atoms with Crippen molar-refractivity contribution in [2.45, 2.75) is 50.5 Å². The van der Waals surface area contributed by atoms with E-state index in [4.69, 9.17) is 20.3 Å². The lowest BCUT2D eigenvalue weighted by Gasteiger charge is -2.16. The zero-order chi connectivity index (χ0) is 20.9. The predicted octanol–water partition coefficient (Wildman–Crippen LogP) is 0.805. The summed E-state index contributed by atoms with van der Waals surface area (Å²) in [5.74, 6) is 0.438. The lowest BCUT2D eigenvalue weighted by atomic mass is 10.2. The van der Waals surface area contributed by atoms with Crippen LogP contribution in [0.2, 0.25) is 0 Å². The molecule has 2 aromatic rings. The molecule has 0 bridgehead atoms. The lowest BCUT2D eigenvalue weighted by Crippen LogP contribution is -2.25. The Balaban J connectivity index is 1.68. The molecule has 3 heterocycles. The Morgan fingerprint density at radius 2 is 2.17 bits per heavy atom. The van der Waals surface area contributed by atoms with Crippen LogP contribution in [0.1, 0.15) is 38.3 Å². The van der Waals surface area contributed by atoms with E-state index < -0.39 is 32.9 Å². The smallest absolute Gasteiger partial charge is 0.390 e. The molecule has 160 valence electrons. The highest BCUT2D eigenvalue weighted by Gasteiger charge is 2.37. The summed E-state index contributed by atoms with van der Waals surface area (Å²) in [6.45, 7) is 0.259. The van der Waals surface area contributed by atoms with Gasteiger partial charge >= 0.3 is 7.82 Å². The average molecular weight is 428 g/mol. The number of ether oxygens (including phenoxy) is 1. The Bertz CT molecular complexity index is 886. The van der Waals surface area contributed by atoms with E-state index in [1.54, 1.807) is 10.8 Å². The Morgan fingerprint density at radius 1 is 1.34 bits per heavy atom. The van der Waals surface area contributed by atoms with Crippen molar-refractivity contribution in [1.29, 1.82) is 0 Å². The van der Waals surface area contributed by atoms with Crippen LogP contribution in [0.4, 0.5) is 5.82 Å². The summed E-state index contributed by atoms with van der Waals surface area (Å²) in [5, 5.41) is 10.1. The number of fused-ring (bicyclic) bond motifs is 1. The second-order valence-electron chi connectivity index (χ2n) is 6.69. The van der Waals surface area contributed by atoms with Crippen LogP contribution in [0.15, 0.2) is 17.6 Å². The standard InChI is InChI=1S/C16H25N6O6P/c17-5-3-1-2-4-6-18-15-14-16(20-9-19-15)22(10-21-14)13-7-11(23)12(28-13)8-27-29(24,25)26/h6,9-13,23H,1-5,7-8,17H2,(H2,24,25,26). The third kappa shape index (κ3) is 5.86. The summed E-state index contributed by atoms with van der Waals surface area (Å²) in [6, 6.07) is 0. The third-order valence-corrected chi connectivity index (χ3v) is 5.00. The van der Waals surface area contributed by atoms with Gasteiger partial charge in [-0.05, 0) is 25.8 Å². The van der Waals surface area contributed by atoms with Gasteiger partial charge in [0.15, 0.2) is 17.0 Å². The Hall–Kier alpha value is -1.79. The van der Waals surface area contributed by atoms with Crippen molar-refractivity contribution in [2.75, 3.05) is 13.2 Å². The van der Waals surface area contributed by atoms with Crippen LogP contribution in [0.25, 0.3) is 11.2 Å². The minimum absolute atomic E-state index is 0.199. The van der Waals surface area contributed by atoms with Gasteiger partial charge < -0.3 is 25.4 Å². The molecule has 3 atom stereocenters. The van der Waals surface area contributed by atoms with Gasteiger partial charge in [0.1, 0.15) is 18.7 Å². The first-order chi connectivity index (χ1) is 13.9. The number of hydrogen-bond donors (Lipinski definition) is 4. The average Bonchev–Trinajstić information content (AvgIpc) is 3.26. The quantitative estimate of drug-likeness (QED) is 0.240. The number of aromatic nitrogens is 4. The van der Waals surface area contributed by atoms with E-state index in [1.165, 1.54) is 12.7 Å². The monoisotopic (exact) mass is 428 g/mol. The molecule has 1 saturated heterocycles. The molecule has 0 amide bonds. The predicted molar refractivity (Wildman–Crippen MR) is 104 cm³/mol. The topological polar surface area (TPSA) is 178 Å². The molecule has 0 spiro atoms. The van der Waals surface area contributed by atoms with Crippen LogP contribution in [-0.4, -0.2) is 66.0 Å². The second kappa shape index (κ2) is 9.81. The molecular formula is C16H25N6O6P. The number of unbranched alkanes of at least 4 members (excludes halogenated alkanes) is 3. The summed E-state index contributed by atoms with van der Waals surface area (Å²) < 4.78 is 22.6. The lowest BCUT2D eigenvalue weighted by molar-refractivity contribution is -0.0424. The van der Waals surface area contributed by atoms with E-state index in [0.29, 0.717) is 23.5 Å². The van der Waals surface area contributed by atoms with Crippen LogP contribution in [0.5, 0.6) is 0 Å². The summed E-state index contributed by atoms with van der Waals surface area (Å²) in [5.41, 5.74) is 6.46. The fourth-order valence-corrected chi connectivity index (χ4v) is 3.40. The van der Waals surface area contributed by atoms with Gasteiger partial charge in [-0.1, -0.05) is 6.42 Å². The fraction of sp³-hybridized carbons (Fsp3) is 0.625. The number of aliphatic hydroxyl groups excluding tert-OH is 1. The van der Waals surface area contributed by atoms with Gasteiger partial charge in [-0.25, -0.2) is 24.5 Å². The third-order valence-electron chi connectivity index (χ3n) is 4.51. The van der Waals surface area contributed by atoms with Gasteiger partial charge in [-0.15, -0.1) is 0 Å². The van der Waals surface area contributed by atoms with Gasteiger partial charge in [-0.2, -0.15) is 0 Å². The first kappa shape index (κ1) is 21.9. The van der Waals surface area contributed by atoms with Gasteiger partial charge in [0.25, 0.3) is 0 Å². The summed E-state index contributed by atoms with van der Waals surface area (Å²) in [6.07, 6.45) is 6.30. The number of nitrogens with zero attached hydrogens (tertiary/aromatic N) is 5. The highest BCUT2D eigenvalue weighted by Crippen LogP contribution is 2.38. The minimum atomic E-state index is -4.64. The maximum absolute atomic E-state index is 10.9. The Kier molecular flexibility index (Phi) is 7.41. The molecule has 1 aliphatic heterocycles. The molecule has 2 aromatic heterocycles. The van der Waals surface area contributed by atoms with Crippen LogP contribution >= 0.6 is 7.82 Å². The van der Waals surface area contributed by atoms with Crippen molar-refractivity contribution in [3.8, 4) is 0 Å². The van der Waals surface area contributed by atoms with E-state index in [-0.39, 0.29) is 6.42 Å².